The molecule has 0 bridgehead atoms. The van der Waals surface area contributed by atoms with Gasteiger partial charge in [0.1, 0.15) is 6.17 Å². The van der Waals surface area contributed by atoms with Crippen LogP contribution in [0.15, 0.2) is 23.3 Å². The van der Waals surface area contributed by atoms with Crippen molar-refractivity contribution in [3.63, 3.8) is 0 Å². The molecule has 100 valence electrons. The first-order valence-corrected chi connectivity index (χ1v) is 6.17. The highest BCUT2D eigenvalue weighted by molar-refractivity contribution is 5.91. The highest BCUT2D eigenvalue weighted by Crippen LogP contribution is 2.38. The quantitative estimate of drug-likeness (QED) is 0.557. The Labute approximate surface area is 110 Å². The molecule has 0 radical (unpaired) electrons. The maximum absolute atomic E-state index is 11.7. The minimum atomic E-state index is -0.192. The van der Waals surface area contributed by atoms with Gasteiger partial charge in [-0.25, -0.2) is 0 Å². The first-order valence-electron chi connectivity index (χ1n) is 6.17. The van der Waals surface area contributed by atoms with E-state index in [1.165, 1.54) is 12.1 Å². The van der Waals surface area contributed by atoms with Crippen LogP contribution < -0.4 is 10.7 Å². The zero-order chi connectivity index (χ0) is 13.6. The number of hydrogen-bond acceptors (Lipinski definition) is 5. The van der Waals surface area contributed by atoms with Crippen LogP contribution >= 0.6 is 0 Å². The Hall–Kier alpha value is -2.24. The molecule has 1 saturated heterocycles. The highest BCUT2D eigenvalue weighted by Gasteiger charge is 2.42. The summed E-state index contributed by atoms with van der Waals surface area (Å²) in [6.45, 7) is 1.92. The molecule has 0 saturated carbocycles. The van der Waals surface area contributed by atoms with Gasteiger partial charge < -0.3 is 15.5 Å². The van der Waals surface area contributed by atoms with E-state index in [1.807, 2.05) is 6.92 Å². The van der Waals surface area contributed by atoms with E-state index in [0.29, 0.717) is 6.42 Å². The second kappa shape index (κ2) is 4.15. The summed E-state index contributed by atoms with van der Waals surface area (Å²) < 4.78 is 0. The van der Waals surface area contributed by atoms with Gasteiger partial charge in [0.05, 0.1) is 0 Å². The van der Waals surface area contributed by atoms with Crippen molar-refractivity contribution in [2.75, 3.05) is 0 Å². The van der Waals surface area contributed by atoms with Crippen molar-refractivity contribution in [1.82, 2.24) is 10.7 Å². The summed E-state index contributed by atoms with van der Waals surface area (Å²) in [6.07, 6.45) is 0.155. The third kappa shape index (κ3) is 1.89. The predicted octanol–water partition coefficient (Wildman–Crippen LogP) is 0.623. The van der Waals surface area contributed by atoms with Gasteiger partial charge in [0.2, 0.25) is 5.91 Å². The number of phenols is 2. The van der Waals surface area contributed by atoms with Gasteiger partial charge in [-0.2, -0.15) is 5.10 Å². The number of fused-ring (bicyclic) bond motifs is 1. The average molecular weight is 261 g/mol. The summed E-state index contributed by atoms with van der Waals surface area (Å²) in [7, 11) is 0. The van der Waals surface area contributed by atoms with Gasteiger partial charge >= 0.3 is 0 Å². The van der Waals surface area contributed by atoms with Crippen LogP contribution in [0.4, 0.5) is 0 Å². The molecule has 6 heteroatoms. The first-order chi connectivity index (χ1) is 9.06. The topological polar surface area (TPSA) is 94.0 Å². The Balaban J connectivity index is 1.98. The number of nitrogens with zero attached hydrogens (tertiary/aromatic N) is 1. The van der Waals surface area contributed by atoms with E-state index < -0.39 is 0 Å². The molecule has 2 heterocycles. The molecule has 1 aromatic rings. The maximum Gasteiger partial charge on any atom is 0.222 e. The summed E-state index contributed by atoms with van der Waals surface area (Å²) in [4.78, 5) is 11.7. The molecule has 2 aliphatic rings. The van der Waals surface area contributed by atoms with E-state index in [2.05, 4.69) is 15.8 Å². The number of nitrogens with one attached hydrogen (secondary N) is 2. The number of hydrogen-bond donors (Lipinski definition) is 4. The molecule has 0 spiro atoms. The van der Waals surface area contributed by atoms with Crippen molar-refractivity contribution < 1.29 is 15.0 Å². The molecule has 3 unspecified atom stereocenters. The third-order valence-electron chi connectivity index (χ3n) is 3.80. The van der Waals surface area contributed by atoms with Crippen LogP contribution in [0.3, 0.4) is 0 Å². The second-order valence-electron chi connectivity index (χ2n) is 5.01. The van der Waals surface area contributed by atoms with E-state index >= 15 is 0 Å². The second-order valence-corrected chi connectivity index (χ2v) is 5.01. The zero-order valence-corrected chi connectivity index (χ0v) is 10.4. The number of carbonyl (C=O) groups is 1. The summed E-state index contributed by atoms with van der Waals surface area (Å²) in [5.41, 5.74) is 4.67. The van der Waals surface area contributed by atoms with Crippen molar-refractivity contribution in [2.45, 2.75) is 25.4 Å². The summed E-state index contributed by atoms with van der Waals surface area (Å²) in [5, 5.41) is 26.0. The molecule has 6 nitrogen and oxygen atoms in total. The largest absolute Gasteiger partial charge is 0.504 e. The standard InChI is InChI=1S/C13H15N3O3/c1-6-12-8(5-11(19)14-13(12)16-15-6)7-2-3-9(17)10(18)4-7/h2-4,8,12-13,16-18H,5H2,1H3,(H,14,19). The summed E-state index contributed by atoms with van der Waals surface area (Å²) in [6, 6.07) is 4.70. The molecule has 0 aliphatic carbocycles. The Morgan fingerprint density at radius 1 is 1.32 bits per heavy atom. The number of piperidine rings is 1. The van der Waals surface area contributed by atoms with Crippen LogP contribution in [0, 0.1) is 5.92 Å². The van der Waals surface area contributed by atoms with E-state index in [9.17, 15) is 15.0 Å². The van der Waals surface area contributed by atoms with Gasteiger partial charge in [-0.15, -0.1) is 0 Å². The molecule has 1 fully saturated rings. The minimum Gasteiger partial charge on any atom is -0.504 e. The van der Waals surface area contributed by atoms with Crippen molar-refractivity contribution in [2.24, 2.45) is 11.0 Å². The van der Waals surface area contributed by atoms with Crippen LogP contribution in [-0.2, 0) is 4.79 Å². The maximum atomic E-state index is 11.7. The Morgan fingerprint density at radius 3 is 2.84 bits per heavy atom. The monoisotopic (exact) mass is 261 g/mol. The number of hydrazone groups is 1. The Bertz CT molecular complexity index is 570. The van der Waals surface area contributed by atoms with Crippen molar-refractivity contribution >= 4 is 11.6 Å². The number of rotatable bonds is 1. The molecule has 1 amide bonds. The molecule has 0 aromatic heterocycles. The minimum absolute atomic E-state index is 0.0452. The summed E-state index contributed by atoms with van der Waals surface area (Å²) >= 11 is 0. The van der Waals surface area contributed by atoms with Gasteiger partial charge in [-0.05, 0) is 24.6 Å². The van der Waals surface area contributed by atoms with Crippen LogP contribution in [0.5, 0.6) is 11.5 Å². The smallest absolute Gasteiger partial charge is 0.222 e. The van der Waals surface area contributed by atoms with E-state index in [4.69, 9.17) is 0 Å². The first kappa shape index (κ1) is 11.8. The summed E-state index contributed by atoms with van der Waals surface area (Å²) in [5.74, 6) is -0.349. The Morgan fingerprint density at radius 2 is 2.11 bits per heavy atom. The predicted molar refractivity (Wildman–Crippen MR) is 68.8 cm³/mol. The van der Waals surface area contributed by atoms with Crippen LogP contribution in [-0.4, -0.2) is 28.0 Å². The van der Waals surface area contributed by atoms with Crippen LogP contribution in [0.25, 0.3) is 0 Å². The highest BCUT2D eigenvalue weighted by atomic mass is 16.3. The number of carbonyl (C=O) groups excluding carboxylic acids is 1. The molecular formula is C13H15N3O3. The Kier molecular flexibility index (Phi) is 2.58. The van der Waals surface area contributed by atoms with E-state index in [0.717, 1.165) is 11.3 Å². The van der Waals surface area contributed by atoms with Crippen LogP contribution in [0.1, 0.15) is 24.8 Å². The SMILES string of the molecule is CC1=NNC2NC(=O)CC(c3ccc(O)c(O)c3)C12. The fourth-order valence-corrected chi connectivity index (χ4v) is 2.87. The lowest BCUT2D eigenvalue weighted by atomic mass is 9.77. The number of phenolic OH excluding ortho intramolecular Hbond substituents is 2. The van der Waals surface area contributed by atoms with Gasteiger partial charge in [0.15, 0.2) is 11.5 Å². The lowest BCUT2D eigenvalue weighted by Crippen LogP contribution is -2.52. The van der Waals surface area contributed by atoms with Crippen molar-refractivity contribution in [1.29, 1.82) is 0 Å². The van der Waals surface area contributed by atoms with Crippen molar-refractivity contribution in [3.05, 3.63) is 23.8 Å². The molecule has 2 aliphatic heterocycles. The van der Waals surface area contributed by atoms with Gasteiger partial charge in [0, 0.05) is 24.0 Å². The lowest BCUT2D eigenvalue weighted by Gasteiger charge is -2.34. The molecule has 3 atom stereocenters. The van der Waals surface area contributed by atoms with E-state index in [1.54, 1.807) is 6.07 Å². The normalized spacial score (nSPS) is 29.2. The van der Waals surface area contributed by atoms with Gasteiger partial charge in [-0.1, -0.05) is 6.07 Å². The number of benzene rings is 1. The fourth-order valence-electron chi connectivity index (χ4n) is 2.87. The molecule has 3 rings (SSSR count). The fraction of sp³-hybridized carbons (Fsp3) is 0.385. The third-order valence-corrected chi connectivity index (χ3v) is 3.80. The number of aromatic hydroxyl groups is 2. The molecular weight excluding hydrogens is 246 g/mol. The van der Waals surface area contributed by atoms with Crippen LogP contribution in [0.2, 0.25) is 0 Å². The van der Waals surface area contributed by atoms with E-state index in [-0.39, 0.29) is 35.4 Å². The molecule has 4 N–H and O–H groups in total. The van der Waals surface area contributed by atoms with Gasteiger partial charge in [-0.3, -0.25) is 10.2 Å². The zero-order valence-electron chi connectivity index (χ0n) is 10.4. The average Bonchev–Trinajstić information content (AvgIpc) is 2.73. The molecule has 19 heavy (non-hydrogen) atoms. The van der Waals surface area contributed by atoms with Crippen molar-refractivity contribution in [3.8, 4) is 11.5 Å². The number of amides is 1. The van der Waals surface area contributed by atoms with Gasteiger partial charge in [0.25, 0.3) is 0 Å². The lowest BCUT2D eigenvalue weighted by molar-refractivity contribution is -0.124. The molecule has 1 aromatic carbocycles.